The first kappa shape index (κ1) is 12.2. The van der Waals surface area contributed by atoms with Gasteiger partial charge in [-0.3, -0.25) is 0 Å². The molecular weight excluding hydrogens is 309 g/mol. The molecule has 0 atom stereocenters. The molecule has 96 valence electrons. The Balaban J connectivity index is 1.76. The highest BCUT2D eigenvalue weighted by molar-refractivity contribution is 9.10. The molecule has 1 aromatic heterocycles. The van der Waals surface area contributed by atoms with Crippen molar-refractivity contribution in [2.45, 2.75) is 6.54 Å². The maximum atomic E-state index is 13.1. The van der Waals surface area contributed by atoms with Crippen molar-refractivity contribution < 1.29 is 8.81 Å². The zero-order valence-corrected chi connectivity index (χ0v) is 11.6. The summed E-state index contributed by atoms with van der Waals surface area (Å²) in [6, 6.07) is 14.7. The van der Waals surface area contributed by atoms with Gasteiger partial charge in [0.2, 0.25) is 0 Å². The summed E-state index contributed by atoms with van der Waals surface area (Å²) in [5.74, 6) is 0.580. The van der Waals surface area contributed by atoms with Crippen molar-refractivity contribution in [3.8, 4) is 0 Å². The highest BCUT2D eigenvalue weighted by atomic mass is 79.9. The molecule has 0 aliphatic heterocycles. The largest absolute Gasteiger partial charge is 0.459 e. The highest BCUT2D eigenvalue weighted by Gasteiger charge is 2.04. The molecule has 0 aliphatic rings. The average molecular weight is 320 g/mol. The lowest BCUT2D eigenvalue weighted by Crippen LogP contribution is -1.98. The highest BCUT2D eigenvalue weighted by Crippen LogP contribution is 2.22. The number of hydrogen-bond donors (Lipinski definition) is 1. The Morgan fingerprint density at radius 1 is 1.11 bits per heavy atom. The van der Waals surface area contributed by atoms with Crippen LogP contribution in [0.15, 0.2) is 57.4 Å². The number of para-hydroxylation sites is 1. The molecule has 2 aromatic carbocycles. The summed E-state index contributed by atoms with van der Waals surface area (Å²) >= 11 is 3.16. The van der Waals surface area contributed by atoms with E-state index in [4.69, 9.17) is 4.42 Å². The zero-order valence-electron chi connectivity index (χ0n) is 9.99. The normalized spacial score (nSPS) is 10.8. The topological polar surface area (TPSA) is 25.2 Å². The number of rotatable bonds is 3. The molecule has 0 fully saturated rings. The van der Waals surface area contributed by atoms with E-state index in [2.05, 4.69) is 21.2 Å². The van der Waals surface area contributed by atoms with E-state index in [0.717, 1.165) is 22.4 Å². The van der Waals surface area contributed by atoms with Crippen molar-refractivity contribution in [1.29, 1.82) is 0 Å². The van der Waals surface area contributed by atoms with Gasteiger partial charge in [0.1, 0.15) is 17.2 Å². The van der Waals surface area contributed by atoms with E-state index in [9.17, 15) is 4.39 Å². The zero-order chi connectivity index (χ0) is 13.2. The lowest BCUT2D eigenvalue weighted by Gasteiger charge is -2.05. The number of anilines is 1. The van der Waals surface area contributed by atoms with E-state index in [1.807, 2.05) is 30.3 Å². The summed E-state index contributed by atoms with van der Waals surface area (Å²) in [5, 5.41) is 4.28. The van der Waals surface area contributed by atoms with E-state index >= 15 is 0 Å². The molecule has 0 unspecified atom stereocenters. The second-order valence-electron chi connectivity index (χ2n) is 4.23. The van der Waals surface area contributed by atoms with Gasteiger partial charge >= 0.3 is 0 Å². The van der Waals surface area contributed by atoms with Gasteiger partial charge in [0.25, 0.3) is 0 Å². The van der Waals surface area contributed by atoms with Gasteiger partial charge in [-0.25, -0.2) is 4.39 Å². The van der Waals surface area contributed by atoms with E-state index in [1.165, 1.54) is 6.07 Å². The van der Waals surface area contributed by atoms with E-state index in [-0.39, 0.29) is 5.82 Å². The molecule has 4 heteroatoms. The monoisotopic (exact) mass is 319 g/mol. The maximum Gasteiger partial charge on any atom is 0.137 e. The van der Waals surface area contributed by atoms with Crippen LogP contribution < -0.4 is 5.32 Å². The van der Waals surface area contributed by atoms with Crippen LogP contribution in [0.1, 0.15) is 5.76 Å². The smallest absolute Gasteiger partial charge is 0.137 e. The third-order valence-corrected chi connectivity index (χ3v) is 3.47. The Morgan fingerprint density at radius 2 is 1.95 bits per heavy atom. The van der Waals surface area contributed by atoms with Crippen molar-refractivity contribution in [3.63, 3.8) is 0 Å². The van der Waals surface area contributed by atoms with Gasteiger partial charge in [-0.1, -0.05) is 18.2 Å². The third-order valence-electron chi connectivity index (χ3n) is 2.86. The van der Waals surface area contributed by atoms with Crippen LogP contribution in [0.5, 0.6) is 0 Å². The van der Waals surface area contributed by atoms with Crippen LogP contribution in [0.3, 0.4) is 0 Å². The van der Waals surface area contributed by atoms with Gasteiger partial charge in [0, 0.05) is 11.1 Å². The second kappa shape index (κ2) is 5.05. The molecule has 3 rings (SSSR count). The summed E-state index contributed by atoms with van der Waals surface area (Å²) in [6.07, 6.45) is 0. The molecule has 0 saturated heterocycles. The summed E-state index contributed by atoms with van der Waals surface area (Å²) in [6.45, 7) is 0.562. The first-order valence-corrected chi connectivity index (χ1v) is 6.68. The van der Waals surface area contributed by atoms with Crippen molar-refractivity contribution in [1.82, 2.24) is 0 Å². The number of halogens is 2. The second-order valence-corrected chi connectivity index (χ2v) is 5.09. The Hall–Kier alpha value is -1.81. The third kappa shape index (κ3) is 2.63. The quantitative estimate of drug-likeness (QED) is 0.739. The van der Waals surface area contributed by atoms with Gasteiger partial charge in [0.05, 0.1) is 11.0 Å². The van der Waals surface area contributed by atoms with Crippen molar-refractivity contribution in [3.05, 3.63) is 64.6 Å². The molecule has 0 spiro atoms. The maximum absolute atomic E-state index is 13.1. The van der Waals surface area contributed by atoms with Gasteiger partial charge in [-0.15, -0.1) is 0 Å². The summed E-state index contributed by atoms with van der Waals surface area (Å²) < 4.78 is 19.3. The minimum Gasteiger partial charge on any atom is -0.459 e. The van der Waals surface area contributed by atoms with Crippen LogP contribution >= 0.6 is 15.9 Å². The van der Waals surface area contributed by atoms with Crippen LogP contribution in [0.25, 0.3) is 11.0 Å². The molecule has 0 radical (unpaired) electrons. The average Bonchev–Trinajstić information content (AvgIpc) is 2.83. The van der Waals surface area contributed by atoms with Crippen molar-refractivity contribution >= 4 is 32.6 Å². The minimum absolute atomic E-state index is 0.269. The first-order valence-electron chi connectivity index (χ1n) is 5.89. The van der Waals surface area contributed by atoms with Crippen molar-refractivity contribution in [2.75, 3.05) is 5.32 Å². The van der Waals surface area contributed by atoms with Crippen LogP contribution in [-0.2, 0) is 6.54 Å². The molecule has 0 amide bonds. The molecular formula is C15H11BrFNO. The van der Waals surface area contributed by atoms with Gasteiger partial charge < -0.3 is 9.73 Å². The lowest BCUT2D eigenvalue weighted by atomic mass is 10.2. The lowest BCUT2D eigenvalue weighted by molar-refractivity contribution is 0.559. The molecule has 19 heavy (non-hydrogen) atoms. The van der Waals surface area contributed by atoms with Gasteiger partial charge in [-0.2, -0.15) is 0 Å². The molecule has 1 heterocycles. The fourth-order valence-corrected chi connectivity index (χ4v) is 2.30. The molecule has 2 nitrogen and oxygen atoms in total. The van der Waals surface area contributed by atoms with Crippen LogP contribution in [-0.4, -0.2) is 0 Å². The number of benzene rings is 2. The Morgan fingerprint density at radius 3 is 2.74 bits per heavy atom. The Kier molecular flexibility index (Phi) is 3.25. The van der Waals surface area contributed by atoms with Gasteiger partial charge in [-0.05, 0) is 46.3 Å². The number of fused-ring (bicyclic) bond motifs is 1. The number of furan rings is 1. The Bertz CT molecular complexity index is 690. The molecule has 0 aliphatic carbocycles. The molecule has 3 aromatic rings. The summed E-state index contributed by atoms with van der Waals surface area (Å²) in [7, 11) is 0. The summed E-state index contributed by atoms with van der Waals surface area (Å²) in [5.41, 5.74) is 1.72. The van der Waals surface area contributed by atoms with E-state index in [0.29, 0.717) is 11.0 Å². The first-order chi connectivity index (χ1) is 9.22. The molecule has 0 saturated carbocycles. The number of nitrogens with one attached hydrogen (secondary N) is 1. The van der Waals surface area contributed by atoms with Crippen molar-refractivity contribution in [2.24, 2.45) is 0 Å². The van der Waals surface area contributed by atoms with Crippen LogP contribution in [0, 0.1) is 5.82 Å². The van der Waals surface area contributed by atoms with Crippen LogP contribution in [0.4, 0.5) is 10.1 Å². The Labute approximate surface area is 118 Å². The number of hydrogen-bond acceptors (Lipinski definition) is 2. The predicted molar refractivity (Wildman–Crippen MR) is 77.6 cm³/mol. The molecule has 0 bridgehead atoms. The van der Waals surface area contributed by atoms with Crippen LogP contribution in [0.2, 0.25) is 0 Å². The predicted octanol–water partition coefficient (Wildman–Crippen LogP) is 4.95. The SMILES string of the molecule is Fc1ccc(NCc2cc3ccccc3o2)cc1Br. The van der Waals surface area contributed by atoms with E-state index < -0.39 is 0 Å². The molecule has 1 N–H and O–H groups in total. The summed E-state index contributed by atoms with van der Waals surface area (Å²) in [4.78, 5) is 0. The van der Waals surface area contributed by atoms with E-state index in [1.54, 1.807) is 12.1 Å². The fraction of sp³-hybridized carbons (Fsp3) is 0.0667. The fourth-order valence-electron chi connectivity index (χ4n) is 1.92. The standard InChI is InChI=1S/C15H11BrFNO/c16-13-8-11(5-6-14(13)17)18-9-12-7-10-3-1-2-4-15(10)19-12/h1-8,18H,9H2. The minimum atomic E-state index is -0.269. The van der Waals surface area contributed by atoms with Gasteiger partial charge in [0.15, 0.2) is 0 Å².